The van der Waals surface area contributed by atoms with Gasteiger partial charge in [-0.15, -0.1) is 0 Å². The zero-order valence-corrected chi connectivity index (χ0v) is 20.4. The van der Waals surface area contributed by atoms with Crippen LogP contribution in [0.15, 0.2) is 76.1 Å². The fourth-order valence-corrected chi connectivity index (χ4v) is 4.66. The summed E-state index contributed by atoms with van der Waals surface area (Å²) in [6, 6.07) is 22.4. The first kappa shape index (κ1) is 22.5. The standard InChI is InChI=1S/C26H25BrN2O2S/c1-3-18-8-11-22(12-9-18)28-26-29-25(30)24(32-26)15-20-14-21(27)10-13-23(20)31-16-19-6-4-17(2)5-7-19/h4-15,26,28H,3,16H2,1-2H3,(H,29,30)/b24-15-/t26-/m0/s1. The first-order valence-corrected chi connectivity index (χ1v) is 12.2. The van der Waals surface area contributed by atoms with Crippen LogP contribution < -0.4 is 15.4 Å². The van der Waals surface area contributed by atoms with E-state index in [9.17, 15) is 4.79 Å². The van der Waals surface area contributed by atoms with Crippen molar-refractivity contribution in [3.8, 4) is 5.75 Å². The van der Waals surface area contributed by atoms with E-state index in [2.05, 4.69) is 76.8 Å². The molecule has 164 valence electrons. The molecule has 0 unspecified atom stereocenters. The molecule has 32 heavy (non-hydrogen) atoms. The zero-order valence-electron chi connectivity index (χ0n) is 18.0. The lowest BCUT2D eigenvalue weighted by Gasteiger charge is -2.13. The molecule has 0 aliphatic carbocycles. The van der Waals surface area contributed by atoms with Gasteiger partial charge in [0.15, 0.2) is 5.50 Å². The van der Waals surface area contributed by atoms with Gasteiger partial charge in [-0.1, -0.05) is 76.6 Å². The van der Waals surface area contributed by atoms with Crippen LogP contribution in [-0.2, 0) is 17.8 Å². The van der Waals surface area contributed by atoms with E-state index in [1.807, 2.05) is 36.4 Å². The lowest BCUT2D eigenvalue weighted by atomic mass is 10.1. The molecule has 0 bridgehead atoms. The number of ether oxygens (including phenoxy) is 1. The van der Waals surface area contributed by atoms with E-state index < -0.39 is 0 Å². The minimum Gasteiger partial charge on any atom is -0.488 e. The molecule has 1 fully saturated rings. The van der Waals surface area contributed by atoms with Crippen LogP contribution in [0.5, 0.6) is 5.75 Å². The van der Waals surface area contributed by atoms with E-state index in [0.717, 1.165) is 33.5 Å². The molecule has 2 N–H and O–H groups in total. The highest BCUT2D eigenvalue weighted by molar-refractivity contribution is 9.10. The number of halogens is 1. The van der Waals surface area contributed by atoms with Crippen molar-refractivity contribution in [2.45, 2.75) is 32.4 Å². The number of aryl methyl sites for hydroxylation is 2. The van der Waals surface area contributed by atoms with Crippen molar-refractivity contribution >= 4 is 45.4 Å². The maximum atomic E-state index is 12.6. The topological polar surface area (TPSA) is 50.4 Å². The van der Waals surface area contributed by atoms with Crippen molar-refractivity contribution in [1.82, 2.24) is 5.32 Å². The van der Waals surface area contributed by atoms with E-state index in [4.69, 9.17) is 4.74 Å². The van der Waals surface area contributed by atoms with Gasteiger partial charge in [0.05, 0.1) is 4.91 Å². The minimum absolute atomic E-state index is 0.0952. The average molecular weight is 509 g/mol. The number of carbonyl (C=O) groups is 1. The van der Waals surface area contributed by atoms with Crippen LogP contribution >= 0.6 is 27.7 Å². The summed E-state index contributed by atoms with van der Waals surface area (Å²) in [6.07, 6.45) is 2.89. The summed E-state index contributed by atoms with van der Waals surface area (Å²) in [6.45, 7) is 4.67. The van der Waals surface area contributed by atoms with E-state index in [1.54, 1.807) is 0 Å². The van der Waals surface area contributed by atoms with Gasteiger partial charge in [-0.25, -0.2) is 0 Å². The molecule has 1 amide bonds. The molecule has 6 heteroatoms. The van der Waals surface area contributed by atoms with Crippen LogP contribution in [0.3, 0.4) is 0 Å². The average Bonchev–Trinajstić information content (AvgIpc) is 3.13. The van der Waals surface area contributed by atoms with Gasteiger partial charge in [0.25, 0.3) is 5.91 Å². The van der Waals surface area contributed by atoms with E-state index in [-0.39, 0.29) is 11.4 Å². The van der Waals surface area contributed by atoms with Crippen LogP contribution in [0, 0.1) is 6.92 Å². The van der Waals surface area contributed by atoms with Gasteiger partial charge in [0.1, 0.15) is 12.4 Å². The number of anilines is 1. The molecule has 4 rings (SSSR count). The van der Waals surface area contributed by atoms with Gasteiger partial charge in [-0.05, 0) is 60.9 Å². The molecule has 0 radical (unpaired) electrons. The minimum atomic E-state index is -0.217. The number of carbonyl (C=O) groups excluding carboxylic acids is 1. The maximum Gasteiger partial charge on any atom is 0.260 e. The van der Waals surface area contributed by atoms with Crippen molar-refractivity contribution in [3.63, 3.8) is 0 Å². The number of hydrogen-bond acceptors (Lipinski definition) is 4. The molecule has 4 nitrogen and oxygen atoms in total. The monoisotopic (exact) mass is 508 g/mol. The van der Waals surface area contributed by atoms with Crippen LogP contribution in [0.25, 0.3) is 6.08 Å². The van der Waals surface area contributed by atoms with Gasteiger partial charge in [-0.3, -0.25) is 4.79 Å². The molecule has 1 heterocycles. The van der Waals surface area contributed by atoms with E-state index in [0.29, 0.717) is 11.5 Å². The van der Waals surface area contributed by atoms with Crippen LogP contribution in [0.2, 0.25) is 0 Å². The second kappa shape index (κ2) is 10.3. The third kappa shape index (κ3) is 5.75. The van der Waals surface area contributed by atoms with Gasteiger partial charge in [-0.2, -0.15) is 0 Å². The number of amides is 1. The third-order valence-electron chi connectivity index (χ3n) is 5.16. The summed E-state index contributed by atoms with van der Waals surface area (Å²) >= 11 is 5.00. The Morgan fingerprint density at radius 2 is 1.78 bits per heavy atom. The normalized spacial score (nSPS) is 16.8. The van der Waals surface area contributed by atoms with Crippen LogP contribution in [-0.4, -0.2) is 11.4 Å². The predicted octanol–water partition coefficient (Wildman–Crippen LogP) is 6.50. The summed E-state index contributed by atoms with van der Waals surface area (Å²) in [5, 5.41) is 6.36. The van der Waals surface area contributed by atoms with E-state index >= 15 is 0 Å². The summed E-state index contributed by atoms with van der Waals surface area (Å²) in [5.41, 5.74) is 5.22. The Hall–Kier alpha value is -2.70. The SMILES string of the molecule is CCc1ccc(N[C@H]2NC(=O)/C(=C/c3cc(Br)ccc3OCc3ccc(C)cc3)S2)cc1. The van der Waals surface area contributed by atoms with Crippen molar-refractivity contribution < 1.29 is 9.53 Å². The van der Waals surface area contributed by atoms with Crippen molar-refractivity contribution in [1.29, 1.82) is 0 Å². The second-order valence-corrected chi connectivity index (χ2v) is 9.69. The molecule has 1 saturated heterocycles. The molecule has 1 aliphatic heterocycles. The maximum absolute atomic E-state index is 12.6. The third-order valence-corrected chi connectivity index (χ3v) is 6.69. The Morgan fingerprint density at radius 3 is 2.50 bits per heavy atom. The lowest BCUT2D eigenvalue weighted by molar-refractivity contribution is -0.116. The molecular formula is C26H25BrN2O2S. The molecule has 3 aromatic carbocycles. The van der Waals surface area contributed by atoms with Gasteiger partial charge >= 0.3 is 0 Å². The molecule has 0 saturated carbocycles. The van der Waals surface area contributed by atoms with Crippen LogP contribution in [0.4, 0.5) is 5.69 Å². The van der Waals surface area contributed by atoms with Crippen molar-refractivity contribution in [3.05, 3.63) is 98.4 Å². The second-order valence-electron chi connectivity index (χ2n) is 7.63. The first-order valence-electron chi connectivity index (χ1n) is 10.5. The van der Waals surface area contributed by atoms with E-state index in [1.165, 1.54) is 22.9 Å². The van der Waals surface area contributed by atoms with Gasteiger partial charge in [0.2, 0.25) is 0 Å². The highest BCUT2D eigenvalue weighted by Gasteiger charge is 2.27. The smallest absolute Gasteiger partial charge is 0.260 e. The number of hydrogen-bond donors (Lipinski definition) is 2. The zero-order chi connectivity index (χ0) is 22.5. The Balaban J connectivity index is 1.47. The fraction of sp³-hybridized carbons (Fsp3) is 0.192. The highest BCUT2D eigenvalue weighted by Crippen LogP contribution is 2.33. The largest absolute Gasteiger partial charge is 0.488 e. The summed E-state index contributed by atoms with van der Waals surface area (Å²) in [7, 11) is 0. The Kier molecular flexibility index (Phi) is 7.22. The van der Waals surface area contributed by atoms with Crippen molar-refractivity contribution in [2.24, 2.45) is 0 Å². The first-order chi connectivity index (χ1) is 15.5. The number of benzene rings is 3. The number of thioether (sulfide) groups is 1. The number of nitrogens with one attached hydrogen (secondary N) is 2. The molecule has 1 atom stereocenters. The summed E-state index contributed by atoms with van der Waals surface area (Å²) in [5.74, 6) is 0.642. The quantitative estimate of drug-likeness (QED) is 0.357. The van der Waals surface area contributed by atoms with Gasteiger partial charge in [0, 0.05) is 15.7 Å². The molecule has 0 aromatic heterocycles. The Bertz CT molecular complexity index is 1130. The van der Waals surface area contributed by atoms with Crippen molar-refractivity contribution in [2.75, 3.05) is 5.32 Å². The fourth-order valence-electron chi connectivity index (χ4n) is 3.30. The molecular weight excluding hydrogens is 484 g/mol. The van der Waals surface area contributed by atoms with Crippen LogP contribution in [0.1, 0.15) is 29.2 Å². The van der Waals surface area contributed by atoms with Gasteiger partial charge < -0.3 is 15.4 Å². The lowest BCUT2D eigenvalue weighted by Crippen LogP contribution is -2.30. The molecule has 0 spiro atoms. The Labute approximate surface area is 201 Å². The Morgan fingerprint density at radius 1 is 1.06 bits per heavy atom. The number of rotatable bonds is 7. The highest BCUT2D eigenvalue weighted by atomic mass is 79.9. The molecule has 3 aromatic rings. The summed E-state index contributed by atoms with van der Waals surface area (Å²) < 4.78 is 7.02. The molecule has 1 aliphatic rings. The summed E-state index contributed by atoms with van der Waals surface area (Å²) in [4.78, 5) is 13.2. The predicted molar refractivity (Wildman–Crippen MR) is 137 cm³/mol.